The van der Waals surface area contributed by atoms with E-state index in [0.29, 0.717) is 17.2 Å². The van der Waals surface area contributed by atoms with Crippen molar-refractivity contribution in [2.24, 2.45) is 0 Å². The van der Waals surface area contributed by atoms with Crippen LogP contribution in [0.5, 0.6) is 0 Å². The molecule has 110 valence electrons. The van der Waals surface area contributed by atoms with Crippen molar-refractivity contribution < 1.29 is 9.18 Å². The Morgan fingerprint density at radius 2 is 1.76 bits per heavy atom. The number of halogens is 1. The summed E-state index contributed by atoms with van der Waals surface area (Å²) in [5, 5.41) is 13.6. The van der Waals surface area contributed by atoms with Crippen LogP contribution in [0.2, 0.25) is 0 Å². The largest absolute Gasteiger partial charge is 0.369 e. The highest BCUT2D eigenvalue weighted by atomic mass is 19.1. The van der Waals surface area contributed by atoms with E-state index >= 15 is 0 Å². The van der Waals surface area contributed by atoms with Crippen LogP contribution in [0.1, 0.15) is 30.1 Å². The number of carbonyl (C=O) groups is 1. The monoisotopic (exact) mass is 288 g/mol. The number of amides is 1. The summed E-state index contributed by atoms with van der Waals surface area (Å²) >= 11 is 0. The highest BCUT2D eigenvalue weighted by Crippen LogP contribution is 2.09. The summed E-state index contributed by atoms with van der Waals surface area (Å²) in [6.07, 6.45) is 2.16. The zero-order valence-electron chi connectivity index (χ0n) is 11.8. The van der Waals surface area contributed by atoms with Crippen LogP contribution < -0.4 is 10.6 Å². The molecule has 2 N–H and O–H groups in total. The molecule has 0 aliphatic carbocycles. The van der Waals surface area contributed by atoms with Gasteiger partial charge in [-0.25, -0.2) is 4.39 Å². The third-order valence-electron chi connectivity index (χ3n) is 2.85. The molecule has 0 saturated carbocycles. The summed E-state index contributed by atoms with van der Waals surface area (Å²) in [7, 11) is 0. The van der Waals surface area contributed by atoms with E-state index in [4.69, 9.17) is 0 Å². The number of nitrogens with zero attached hydrogens (tertiary/aromatic N) is 2. The average Bonchev–Trinajstić information content (AvgIpc) is 2.50. The van der Waals surface area contributed by atoms with Crippen LogP contribution in [0.25, 0.3) is 0 Å². The van der Waals surface area contributed by atoms with Crippen LogP contribution in [0, 0.1) is 5.82 Å². The molecule has 6 heteroatoms. The number of unbranched alkanes of at least 4 members (excludes halogenated alkanes) is 1. The molecule has 0 bridgehead atoms. The van der Waals surface area contributed by atoms with Crippen molar-refractivity contribution in [2.45, 2.75) is 19.8 Å². The summed E-state index contributed by atoms with van der Waals surface area (Å²) in [5.74, 6) is 0.290. The van der Waals surface area contributed by atoms with Gasteiger partial charge in [0.15, 0.2) is 5.82 Å². The van der Waals surface area contributed by atoms with Crippen molar-refractivity contribution in [1.29, 1.82) is 0 Å². The van der Waals surface area contributed by atoms with Gasteiger partial charge in [-0.2, -0.15) is 0 Å². The van der Waals surface area contributed by atoms with E-state index in [1.807, 2.05) is 0 Å². The van der Waals surface area contributed by atoms with E-state index in [1.165, 1.54) is 24.3 Å². The number of rotatable bonds is 6. The van der Waals surface area contributed by atoms with Crippen LogP contribution in [-0.4, -0.2) is 22.6 Å². The maximum atomic E-state index is 12.8. The molecule has 1 aromatic heterocycles. The van der Waals surface area contributed by atoms with E-state index in [9.17, 15) is 9.18 Å². The van der Waals surface area contributed by atoms with Gasteiger partial charge >= 0.3 is 0 Å². The van der Waals surface area contributed by atoms with Crippen LogP contribution in [0.3, 0.4) is 0 Å². The van der Waals surface area contributed by atoms with Gasteiger partial charge in [-0.15, -0.1) is 10.2 Å². The van der Waals surface area contributed by atoms with Gasteiger partial charge in [-0.1, -0.05) is 13.3 Å². The summed E-state index contributed by atoms with van der Waals surface area (Å²) in [6.45, 7) is 2.95. The summed E-state index contributed by atoms with van der Waals surface area (Å²) in [6, 6.07) is 8.73. The van der Waals surface area contributed by atoms with Crippen LogP contribution in [0.15, 0.2) is 36.4 Å². The van der Waals surface area contributed by atoms with E-state index in [-0.39, 0.29) is 11.7 Å². The third kappa shape index (κ3) is 4.52. The summed E-state index contributed by atoms with van der Waals surface area (Å²) in [4.78, 5) is 11.9. The Kier molecular flexibility index (Phi) is 5.20. The van der Waals surface area contributed by atoms with Crippen molar-refractivity contribution in [1.82, 2.24) is 10.2 Å². The van der Waals surface area contributed by atoms with Crippen LogP contribution >= 0.6 is 0 Å². The summed E-state index contributed by atoms with van der Waals surface area (Å²) < 4.78 is 12.8. The van der Waals surface area contributed by atoms with Gasteiger partial charge in [0.1, 0.15) is 11.6 Å². The number of hydrogen-bond acceptors (Lipinski definition) is 4. The maximum absolute atomic E-state index is 12.8. The predicted octanol–water partition coefficient (Wildman–Crippen LogP) is 3.08. The van der Waals surface area contributed by atoms with Gasteiger partial charge in [0.25, 0.3) is 5.91 Å². The maximum Gasteiger partial charge on any atom is 0.256 e. The first-order chi connectivity index (χ1) is 10.2. The highest BCUT2D eigenvalue weighted by Gasteiger charge is 2.07. The molecule has 5 nitrogen and oxygen atoms in total. The molecule has 0 aliphatic rings. The fraction of sp³-hybridized carbons (Fsp3) is 0.267. The van der Waals surface area contributed by atoms with E-state index < -0.39 is 0 Å². The average molecular weight is 288 g/mol. The highest BCUT2D eigenvalue weighted by molar-refractivity contribution is 6.03. The Bertz CT molecular complexity index is 584. The van der Waals surface area contributed by atoms with Gasteiger partial charge < -0.3 is 10.6 Å². The third-order valence-corrected chi connectivity index (χ3v) is 2.85. The van der Waals surface area contributed by atoms with Crippen molar-refractivity contribution in [3.8, 4) is 0 Å². The Morgan fingerprint density at radius 1 is 1.10 bits per heavy atom. The second-order valence-electron chi connectivity index (χ2n) is 4.55. The number of benzene rings is 1. The van der Waals surface area contributed by atoms with Gasteiger partial charge in [0.05, 0.1) is 0 Å². The Morgan fingerprint density at radius 3 is 2.38 bits per heavy atom. The lowest BCUT2D eigenvalue weighted by molar-refractivity contribution is 0.102. The lowest BCUT2D eigenvalue weighted by Gasteiger charge is -2.06. The second kappa shape index (κ2) is 7.33. The van der Waals surface area contributed by atoms with Crippen molar-refractivity contribution in [3.05, 3.63) is 47.8 Å². The van der Waals surface area contributed by atoms with Crippen molar-refractivity contribution >= 4 is 17.5 Å². The van der Waals surface area contributed by atoms with Crippen LogP contribution in [0.4, 0.5) is 16.0 Å². The number of hydrogen-bond donors (Lipinski definition) is 2. The molecular formula is C15H17FN4O. The molecule has 0 radical (unpaired) electrons. The van der Waals surface area contributed by atoms with E-state index in [2.05, 4.69) is 27.8 Å². The van der Waals surface area contributed by atoms with Crippen molar-refractivity contribution in [2.75, 3.05) is 17.2 Å². The molecule has 0 unspecified atom stereocenters. The molecule has 0 saturated heterocycles. The molecule has 1 aromatic carbocycles. The Labute approximate surface area is 122 Å². The normalized spacial score (nSPS) is 10.2. The minimum Gasteiger partial charge on any atom is -0.369 e. The zero-order chi connectivity index (χ0) is 15.1. The fourth-order valence-electron chi connectivity index (χ4n) is 1.68. The Hall–Kier alpha value is -2.50. The standard InChI is InChI=1S/C15H17FN4O/c1-2-3-10-17-13-8-9-14(20-19-13)18-15(21)11-4-6-12(16)7-5-11/h4-9H,2-3,10H2,1H3,(H,17,19)(H,18,20,21). The van der Waals surface area contributed by atoms with Gasteiger partial charge in [-0.3, -0.25) is 4.79 Å². The van der Waals surface area contributed by atoms with Gasteiger partial charge in [-0.05, 0) is 42.8 Å². The quantitative estimate of drug-likeness (QED) is 0.802. The molecule has 0 fully saturated rings. The topological polar surface area (TPSA) is 66.9 Å². The van der Waals surface area contributed by atoms with Gasteiger partial charge in [0.2, 0.25) is 0 Å². The minimum absolute atomic E-state index is 0.351. The number of nitrogens with one attached hydrogen (secondary N) is 2. The first kappa shape index (κ1) is 14.9. The van der Waals surface area contributed by atoms with Crippen molar-refractivity contribution in [3.63, 3.8) is 0 Å². The minimum atomic E-state index is -0.381. The number of anilines is 2. The fourth-order valence-corrected chi connectivity index (χ4v) is 1.68. The SMILES string of the molecule is CCCCNc1ccc(NC(=O)c2ccc(F)cc2)nn1. The molecule has 2 aromatic rings. The Balaban J connectivity index is 1.93. The molecular weight excluding hydrogens is 271 g/mol. The molecule has 2 rings (SSSR count). The lowest BCUT2D eigenvalue weighted by atomic mass is 10.2. The van der Waals surface area contributed by atoms with Gasteiger partial charge in [0, 0.05) is 12.1 Å². The lowest BCUT2D eigenvalue weighted by Crippen LogP contribution is -2.13. The molecule has 0 spiro atoms. The number of carbonyl (C=O) groups excluding carboxylic acids is 1. The summed E-state index contributed by atoms with van der Waals surface area (Å²) in [5.41, 5.74) is 0.364. The molecule has 1 amide bonds. The first-order valence-electron chi connectivity index (χ1n) is 6.83. The molecule has 0 atom stereocenters. The van der Waals surface area contributed by atoms with E-state index in [1.54, 1.807) is 12.1 Å². The van der Waals surface area contributed by atoms with E-state index in [0.717, 1.165) is 19.4 Å². The van der Waals surface area contributed by atoms with Crippen LogP contribution in [-0.2, 0) is 0 Å². The first-order valence-corrected chi connectivity index (χ1v) is 6.83. The second-order valence-corrected chi connectivity index (χ2v) is 4.55. The molecule has 1 heterocycles. The molecule has 21 heavy (non-hydrogen) atoms. The smallest absolute Gasteiger partial charge is 0.256 e. The zero-order valence-corrected chi connectivity index (χ0v) is 11.8. The molecule has 0 aliphatic heterocycles. The number of aromatic nitrogens is 2. The predicted molar refractivity (Wildman–Crippen MR) is 79.8 cm³/mol.